The van der Waals surface area contributed by atoms with Crippen LogP contribution in [0, 0.1) is 11.7 Å². The van der Waals surface area contributed by atoms with Crippen molar-refractivity contribution in [2.45, 2.75) is 39.2 Å². The van der Waals surface area contributed by atoms with Crippen molar-refractivity contribution in [3.63, 3.8) is 0 Å². The van der Waals surface area contributed by atoms with Gasteiger partial charge in [0, 0.05) is 4.47 Å². The first kappa shape index (κ1) is 17.1. The zero-order chi connectivity index (χ0) is 15.3. The van der Waals surface area contributed by atoms with Crippen molar-refractivity contribution < 1.29 is 19.0 Å². The van der Waals surface area contributed by atoms with E-state index in [1.807, 2.05) is 6.92 Å². The Morgan fingerprint density at radius 2 is 2.15 bits per heavy atom. The fraction of sp³-hybridized carbons (Fsp3) is 0.533. The largest absolute Gasteiger partial charge is 0.466 e. The summed E-state index contributed by atoms with van der Waals surface area (Å²) in [5.41, 5.74) is -0.945. The summed E-state index contributed by atoms with van der Waals surface area (Å²) in [6.07, 6.45) is 1.23. The minimum Gasteiger partial charge on any atom is -0.466 e. The number of benzene rings is 1. The second kappa shape index (κ2) is 7.18. The van der Waals surface area contributed by atoms with Crippen LogP contribution in [0.15, 0.2) is 22.7 Å². The lowest BCUT2D eigenvalue weighted by Gasteiger charge is -2.32. The molecule has 1 aromatic rings. The summed E-state index contributed by atoms with van der Waals surface area (Å²) in [6, 6.07) is 4.03. The van der Waals surface area contributed by atoms with Gasteiger partial charge in [0.1, 0.15) is 11.4 Å². The van der Waals surface area contributed by atoms with Gasteiger partial charge in [-0.1, -0.05) is 35.3 Å². The average molecular weight is 347 g/mol. The predicted octanol–water partition coefficient (Wildman–Crippen LogP) is 3.78. The molecular weight excluding hydrogens is 327 g/mol. The van der Waals surface area contributed by atoms with Gasteiger partial charge in [-0.2, -0.15) is 0 Å². The summed E-state index contributed by atoms with van der Waals surface area (Å²) in [5, 5.41) is 10.8. The first-order chi connectivity index (χ1) is 9.34. The maximum atomic E-state index is 13.2. The lowest BCUT2D eigenvalue weighted by Crippen LogP contribution is -2.38. The molecule has 0 aliphatic rings. The summed E-state index contributed by atoms with van der Waals surface area (Å²) >= 11 is 3.24. The van der Waals surface area contributed by atoms with Crippen molar-refractivity contribution in [3.05, 3.63) is 34.1 Å². The van der Waals surface area contributed by atoms with E-state index in [1.165, 1.54) is 18.2 Å². The van der Waals surface area contributed by atoms with Crippen LogP contribution in [0.3, 0.4) is 0 Å². The molecule has 0 saturated heterocycles. The van der Waals surface area contributed by atoms with Crippen LogP contribution >= 0.6 is 15.9 Å². The fourth-order valence-electron chi connectivity index (χ4n) is 2.25. The molecule has 1 rings (SSSR count). The number of esters is 1. The van der Waals surface area contributed by atoms with Crippen LogP contribution in [0.2, 0.25) is 0 Å². The SMILES string of the molecule is CCCC(C(=O)OCC)C(C)(O)c1ccc(F)cc1Br. The van der Waals surface area contributed by atoms with Crippen molar-refractivity contribution in [1.29, 1.82) is 0 Å². The molecule has 112 valence electrons. The Labute approximate surface area is 127 Å². The zero-order valence-corrected chi connectivity index (χ0v) is 13.5. The third kappa shape index (κ3) is 3.79. The molecule has 0 fully saturated rings. The second-order valence-electron chi connectivity index (χ2n) is 4.86. The summed E-state index contributed by atoms with van der Waals surface area (Å²) < 4.78 is 18.6. The summed E-state index contributed by atoms with van der Waals surface area (Å²) in [5.74, 6) is -1.52. The highest BCUT2D eigenvalue weighted by Gasteiger charge is 2.40. The summed E-state index contributed by atoms with van der Waals surface area (Å²) in [4.78, 5) is 12.1. The molecule has 5 heteroatoms. The summed E-state index contributed by atoms with van der Waals surface area (Å²) in [7, 11) is 0. The van der Waals surface area contributed by atoms with E-state index in [2.05, 4.69) is 15.9 Å². The molecule has 3 nitrogen and oxygen atoms in total. The van der Waals surface area contributed by atoms with E-state index < -0.39 is 23.3 Å². The van der Waals surface area contributed by atoms with Gasteiger partial charge in [0.2, 0.25) is 0 Å². The number of halogens is 2. The standard InChI is InChI=1S/C15H20BrFO3/c1-4-6-12(14(18)20-5-2)15(3,19)11-8-7-10(17)9-13(11)16/h7-9,12,19H,4-6H2,1-3H3. The number of carbonyl (C=O) groups excluding carboxylic acids is 1. The Bertz CT molecular complexity index is 474. The van der Waals surface area contributed by atoms with Gasteiger partial charge in [0.15, 0.2) is 0 Å². The highest BCUT2D eigenvalue weighted by molar-refractivity contribution is 9.10. The Kier molecular flexibility index (Phi) is 6.14. The molecule has 0 saturated carbocycles. The number of rotatable bonds is 6. The molecule has 0 spiro atoms. The van der Waals surface area contributed by atoms with Crippen LogP contribution in [0.5, 0.6) is 0 Å². The maximum absolute atomic E-state index is 13.2. The van der Waals surface area contributed by atoms with Crippen LogP contribution < -0.4 is 0 Å². The molecule has 0 aliphatic heterocycles. The topological polar surface area (TPSA) is 46.5 Å². The number of carbonyl (C=O) groups is 1. The normalized spacial score (nSPS) is 15.5. The van der Waals surface area contributed by atoms with Crippen LogP contribution in [-0.2, 0) is 15.1 Å². The van der Waals surface area contributed by atoms with E-state index in [4.69, 9.17) is 4.74 Å². The Morgan fingerprint density at radius 1 is 1.50 bits per heavy atom. The van der Waals surface area contributed by atoms with Gasteiger partial charge in [-0.3, -0.25) is 4.79 Å². The lowest BCUT2D eigenvalue weighted by molar-refractivity contribution is -0.158. The number of hydrogen-bond donors (Lipinski definition) is 1. The molecule has 2 atom stereocenters. The van der Waals surface area contributed by atoms with E-state index in [-0.39, 0.29) is 6.61 Å². The number of ether oxygens (including phenoxy) is 1. The van der Waals surface area contributed by atoms with Crippen LogP contribution in [0.1, 0.15) is 39.2 Å². The maximum Gasteiger partial charge on any atom is 0.312 e. The molecule has 1 N–H and O–H groups in total. The average Bonchev–Trinajstić information content (AvgIpc) is 2.35. The van der Waals surface area contributed by atoms with Gasteiger partial charge in [-0.25, -0.2) is 4.39 Å². The molecule has 0 bridgehead atoms. The third-order valence-electron chi connectivity index (χ3n) is 3.30. The smallest absolute Gasteiger partial charge is 0.312 e. The van der Waals surface area contributed by atoms with Gasteiger partial charge < -0.3 is 9.84 Å². The Morgan fingerprint density at radius 3 is 2.65 bits per heavy atom. The lowest BCUT2D eigenvalue weighted by atomic mass is 9.80. The van der Waals surface area contributed by atoms with Crippen molar-refractivity contribution in [2.75, 3.05) is 6.61 Å². The van der Waals surface area contributed by atoms with Crippen molar-refractivity contribution in [3.8, 4) is 0 Å². The van der Waals surface area contributed by atoms with Gasteiger partial charge >= 0.3 is 5.97 Å². The quantitative estimate of drug-likeness (QED) is 0.797. The number of hydrogen-bond acceptors (Lipinski definition) is 3. The number of aliphatic hydroxyl groups is 1. The fourth-order valence-corrected chi connectivity index (χ4v) is 3.00. The van der Waals surface area contributed by atoms with Gasteiger partial charge in [-0.15, -0.1) is 0 Å². The molecule has 2 unspecified atom stereocenters. The van der Waals surface area contributed by atoms with E-state index in [0.29, 0.717) is 16.5 Å². The highest BCUT2D eigenvalue weighted by Crippen LogP contribution is 2.37. The Hall–Kier alpha value is -0.940. The van der Waals surface area contributed by atoms with Crippen LogP contribution in [0.25, 0.3) is 0 Å². The molecule has 0 aliphatic carbocycles. The molecular formula is C15H20BrFO3. The van der Waals surface area contributed by atoms with Crippen molar-refractivity contribution in [1.82, 2.24) is 0 Å². The molecule has 0 heterocycles. The molecule has 0 aromatic heterocycles. The monoisotopic (exact) mass is 346 g/mol. The first-order valence-electron chi connectivity index (χ1n) is 6.69. The second-order valence-corrected chi connectivity index (χ2v) is 5.72. The minimum absolute atomic E-state index is 0.264. The van der Waals surface area contributed by atoms with Gasteiger partial charge in [0.05, 0.1) is 12.5 Å². The molecule has 20 heavy (non-hydrogen) atoms. The first-order valence-corrected chi connectivity index (χ1v) is 7.48. The third-order valence-corrected chi connectivity index (χ3v) is 3.96. The van der Waals surface area contributed by atoms with E-state index in [1.54, 1.807) is 13.8 Å². The minimum atomic E-state index is -1.42. The molecule has 0 amide bonds. The van der Waals surface area contributed by atoms with E-state index in [9.17, 15) is 14.3 Å². The molecule has 1 aromatic carbocycles. The van der Waals surface area contributed by atoms with Crippen LogP contribution in [0.4, 0.5) is 4.39 Å². The van der Waals surface area contributed by atoms with Crippen LogP contribution in [-0.4, -0.2) is 17.7 Å². The van der Waals surface area contributed by atoms with E-state index in [0.717, 1.165) is 6.42 Å². The Balaban J connectivity index is 3.17. The highest BCUT2D eigenvalue weighted by atomic mass is 79.9. The van der Waals surface area contributed by atoms with E-state index >= 15 is 0 Å². The van der Waals surface area contributed by atoms with Gasteiger partial charge in [-0.05, 0) is 38.0 Å². The van der Waals surface area contributed by atoms with Gasteiger partial charge in [0.25, 0.3) is 0 Å². The zero-order valence-electron chi connectivity index (χ0n) is 12.0. The molecule has 0 radical (unpaired) electrons. The predicted molar refractivity (Wildman–Crippen MR) is 78.7 cm³/mol. The summed E-state index contributed by atoms with van der Waals surface area (Å²) in [6.45, 7) is 5.48. The van der Waals surface area contributed by atoms with Crippen molar-refractivity contribution >= 4 is 21.9 Å². The van der Waals surface area contributed by atoms with Crippen molar-refractivity contribution in [2.24, 2.45) is 5.92 Å².